The number of ether oxygens (including phenoxy) is 1. The van der Waals surface area contributed by atoms with E-state index in [1.807, 2.05) is 62.4 Å². The molecule has 1 N–H and O–H groups in total. The van der Waals surface area contributed by atoms with Crippen LogP contribution in [0.25, 0.3) is 0 Å². The highest BCUT2D eigenvalue weighted by atomic mass is 16.5. The molecular formula is C20H23NO3. The van der Waals surface area contributed by atoms with Crippen LogP contribution in [0.3, 0.4) is 0 Å². The number of hydrogen-bond acceptors (Lipinski definition) is 3. The highest BCUT2D eigenvalue weighted by Gasteiger charge is 2.22. The lowest BCUT2D eigenvalue weighted by Crippen LogP contribution is -2.41. The smallest absolute Gasteiger partial charge is 0.328 e. The predicted octanol–water partition coefficient (Wildman–Crippen LogP) is 3.21. The van der Waals surface area contributed by atoms with Crippen molar-refractivity contribution in [3.63, 3.8) is 0 Å². The van der Waals surface area contributed by atoms with Gasteiger partial charge in [0.25, 0.3) is 5.91 Å². The molecule has 0 bridgehead atoms. The number of aryl methyl sites for hydroxylation is 3. The predicted molar refractivity (Wildman–Crippen MR) is 93.9 cm³/mol. The van der Waals surface area contributed by atoms with E-state index in [9.17, 15) is 9.59 Å². The van der Waals surface area contributed by atoms with E-state index in [2.05, 4.69) is 5.32 Å². The molecule has 0 aliphatic rings. The van der Waals surface area contributed by atoms with Gasteiger partial charge in [-0.15, -0.1) is 0 Å². The van der Waals surface area contributed by atoms with Gasteiger partial charge in [-0.1, -0.05) is 47.5 Å². The molecule has 0 unspecified atom stereocenters. The Bertz CT molecular complexity index is 690. The second-order valence-electron chi connectivity index (χ2n) is 5.95. The summed E-state index contributed by atoms with van der Waals surface area (Å²) in [6, 6.07) is 14.8. The number of esters is 1. The summed E-state index contributed by atoms with van der Waals surface area (Å²) < 4.78 is 4.83. The number of rotatable bonds is 6. The second-order valence-corrected chi connectivity index (χ2v) is 5.95. The Balaban J connectivity index is 2.07. The van der Waals surface area contributed by atoms with Crippen LogP contribution in [0, 0.1) is 13.8 Å². The van der Waals surface area contributed by atoms with Crippen molar-refractivity contribution in [1.82, 2.24) is 5.32 Å². The zero-order valence-corrected chi connectivity index (χ0v) is 14.3. The summed E-state index contributed by atoms with van der Waals surface area (Å²) in [5.41, 5.74) is 3.70. The molecule has 0 aromatic heterocycles. The van der Waals surface area contributed by atoms with Crippen molar-refractivity contribution in [2.24, 2.45) is 0 Å². The van der Waals surface area contributed by atoms with Crippen LogP contribution in [0.1, 0.15) is 33.5 Å². The van der Waals surface area contributed by atoms with Gasteiger partial charge in [-0.2, -0.15) is 0 Å². The van der Waals surface area contributed by atoms with Gasteiger partial charge < -0.3 is 10.1 Å². The minimum atomic E-state index is -0.663. The molecule has 2 rings (SSSR count). The van der Waals surface area contributed by atoms with Gasteiger partial charge in [0.15, 0.2) is 0 Å². The van der Waals surface area contributed by atoms with Gasteiger partial charge in [0.05, 0.1) is 7.11 Å². The monoisotopic (exact) mass is 325 g/mol. The van der Waals surface area contributed by atoms with E-state index >= 15 is 0 Å². The van der Waals surface area contributed by atoms with Crippen LogP contribution in [0.4, 0.5) is 0 Å². The standard InChI is InChI=1S/C20H23NO3/c1-14-11-15(2)13-17(12-14)19(22)21-18(20(23)24-3)10-9-16-7-5-4-6-8-16/h4-8,11-13,18H,9-10H2,1-3H3,(H,21,22)/t18-/m0/s1. The van der Waals surface area contributed by atoms with Crippen molar-refractivity contribution in [1.29, 1.82) is 0 Å². The number of amides is 1. The highest BCUT2D eigenvalue weighted by Crippen LogP contribution is 2.11. The van der Waals surface area contributed by atoms with E-state index in [4.69, 9.17) is 4.74 Å². The summed E-state index contributed by atoms with van der Waals surface area (Å²) in [7, 11) is 1.33. The molecule has 0 radical (unpaired) electrons. The molecule has 0 saturated heterocycles. The SMILES string of the molecule is COC(=O)[C@H](CCc1ccccc1)NC(=O)c1cc(C)cc(C)c1. The maximum absolute atomic E-state index is 12.5. The largest absolute Gasteiger partial charge is 0.467 e. The molecule has 126 valence electrons. The van der Waals surface area contributed by atoms with Crippen LogP contribution in [-0.4, -0.2) is 25.0 Å². The highest BCUT2D eigenvalue weighted by molar-refractivity contribution is 5.97. The second kappa shape index (κ2) is 8.29. The van der Waals surface area contributed by atoms with Crippen LogP contribution in [0.2, 0.25) is 0 Å². The van der Waals surface area contributed by atoms with Crippen molar-refractivity contribution in [3.05, 3.63) is 70.8 Å². The molecular weight excluding hydrogens is 302 g/mol. The maximum atomic E-state index is 12.5. The van der Waals surface area contributed by atoms with E-state index < -0.39 is 12.0 Å². The van der Waals surface area contributed by atoms with Crippen molar-refractivity contribution in [2.45, 2.75) is 32.7 Å². The fourth-order valence-electron chi connectivity index (χ4n) is 2.69. The Labute approximate surface area is 142 Å². The lowest BCUT2D eigenvalue weighted by Gasteiger charge is -2.17. The Morgan fingerprint density at radius 1 is 1.04 bits per heavy atom. The third-order valence-electron chi connectivity index (χ3n) is 3.84. The molecule has 2 aromatic carbocycles. The van der Waals surface area contributed by atoms with E-state index in [0.717, 1.165) is 16.7 Å². The summed E-state index contributed by atoms with van der Waals surface area (Å²) in [6.07, 6.45) is 1.18. The third-order valence-corrected chi connectivity index (χ3v) is 3.84. The van der Waals surface area contributed by atoms with Gasteiger partial charge in [0.2, 0.25) is 0 Å². The molecule has 0 fully saturated rings. The molecule has 0 spiro atoms. The van der Waals surface area contributed by atoms with Gasteiger partial charge in [-0.25, -0.2) is 4.79 Å². The number of nitrogens with one attached hydrogen (secondary N) is 1. The molecule has 4 nitrogen and oxygen atoms in total. The van der Waals surface area contributed by atoms with E-state index in [1.54, 1.807) is 0 Å². The van der Waals surface area contributed by atoms with Crippen molar-refractivity contribution >= 4 is 11.9 Å². The molecule has 24 heavy (non-hydrogen) atoms. The summed E-state index contributed by atoms with van der Waals surface area (Å²) in [5, 5.41) is 2.80. The quantitative estimate of drug-likeness (QED) is 0.830. The third kappa shape index (κ3) is 4.95. The first-order valence-corrected chi connectivity index (χ1v) is 8.00. The first kappa shape index (κ1) is 17.7. The average molecular weight is 325 g/mol. The molecule has 4 heteroatoms. The van der Waals surface area contributed by atoms with Crippen LogP contribution in [-0.2, 0) is 16.0 Å². The molecule has 1 amide bonds. The van der Waals surface area contributed by atoms with Gasteiger partial charge in [0, 0.05) is 5.56 Å². The van der Waals surface area contributed by atoms with Crippen molar-refractivity contribution in [2.75, 3.05) is 7.11 Å². The molecule has 1 atom stereocenters. The maximum Gasteiger partial charge on any atom is 0.328 e. The lowest BCUT2D eigenvalue weighted by molar-refractivity contribution is -0.143. The van der Waals surface area contributed by atoms with Crippen LogP contribution in [0.15, 0.2) is 48.5 Å². The number of hydrogen-bond donors (Lipinski definition) is 1. The molecule has 0 heterocycles. The Hall–Kier alpha value is -2.62. The van der Waals surface area contributed by atoms with Gasteiger partial charge >= 0.3 is 5.97 Å². The minimum absolute atomic E-state index is 0.259. The minimum Gasteiger partial charge on any atom is -0.467 e. The Morgan fingerprint density at radius 2 is 1.67 bits per heavy atom. The first-order valence-electron chi connectivity index (χ1n) is 8.00. The summed E-state index contributed by atoms with van der Waals surface area (Å²) >= 11 is 0. The molecule has 0 saturated carbocycles. The zero-order chi connectivity index (χ0) is 17.5. The molecule has 0 aliphatic carbocycles. The fourth-order valence-corrected chi connectivity index (χ4v) is 2.69. The Kier molecular flexibility index (Phi) is 6.13. The van der Waals surface area contributed by atoms with Crippen molar-refractivity contribution < 1.29 is 14.3 Å². The first-order chi connectivity index (χ1) is 11.5. The van der Waals surface area contributed by atoms with Gasteiger partial charge in [-0.3, -0.25) is 4.79 Å². The zero-order valence-electron chi connectivity index (χ0n) is 14.3. The lowest BCUT2D eigenvalue weighted by atomic mass is 10.0. The van der Waals surface area contributed by atoms with Gasteiger partial charge in [0.1, 0.15) is 6.04 Å². The average Bonchev–Trinajstić information content (AvgIpc) is 2.57. The van der Waals surface area contributed by atoms with Gasteiger partial charge in [-0.05, 0) is 44.4 Å². The summed E-state index contributed by atoms with van der Waals surface area (Å²) in [6.45, 7) is 3.88. The van der Waals surface area contributed by atoms with Crippen LogP contribution in [0.5, 0.6) is 0 Å². The van der Waals surface area contributed by atoms with Crippen LogP contribution < -0.4 is 5.32 Å². The molecule has 2 aromatic rings. The number of methoxy groups -OCH3 is 1. The van der Waals surface area contributed by atoms with E-state index in [0.29, 0.717) is 18.4 Å². The normalized spacial score (nSPS) is 11.6. The number of benzene rings is 2. The van der Waals surface area contributed by atoms with Crippen LogP contribution >= 0.6 is 0 Å². The van der Waals surface area contributed by atoms with E-state index in [1.165, 1.54) is 7.11 Å². The fraction of sp³-hybridized carbons (Fsp3) is 0.300. The Morgan fingerprint density at radius 3 is 2.25 bits per heavy atom. The van der Waals surface area contributed by atoms with Crippen molar-refractivity contribution in [3.8, 4) is 0 Å². The summed E-state index contributed by atoms with van der Waals surface area (Å²) in [4.78, 5) is 24.5. The molecule has 0 aliphatic heterocycles. The number of carbonyl (C=O) groups is 2. The van der Waals surface area contributed by atoms with E-state index in [-0.39, 0.29) is 5.91 Å². The number of carbonyl (C=O) groups excluding carboxylic acids is 2. The topological polar surface area (TPSA) is 55.4 Å². The summed E-state index contributed by atoms with van der Waals surface area (Å²) in [5.74, 6) is -0.686.